The van der Waals surface area contributed by atoms with Gasteiger partial charge >= 0.3 is 0 Å². The lowest BCUT2D eigenvalue weighted by molar-refractivity contribution is -0.129. The van der Waals surface area contributed by atoms with Gasteiger partial charge in [-0.1, -0.05) is 12.1 Å². The zero-order valence-electron chi connectivity index (χ0n) is 8.89. The van der Waals surface area contributed by atoms with Gasteiger partial charge in [0.15, 0.2) is 0 Å². The highest BCUT2D eigenvalue weighted by atomic mass is 16.2. The van der Waals surface area contributed by atoms with Gasteiger partial charge in [0.05, 0.1) is 11.6 Å². The molecule has 1 aromatic rings. The van der Waals surface area contributed by atoms with Crippen LogP contribution >= 0.6 is 0 Å². The smallest absolute Gasteiger partial charge is 0.226 e. The first kappa shape index (κ1) is 9.41. The highest BCUT2D eigenvalue weighted by Crippen LogP contribution is 2.42. The lowest BCUT2D eigenvalue weighted by Gasteiger charge is -2.25. The Morgan fingerprint density at radius 1 is 1.31 bits per heavy atom. The maximum atomic E-state index is 11.7. The van der Waals surface area contributed by atoms with Gasteiger partial charge in [-0.15, -0.1) is 0 Å². The van der Waals surface area contributed by atoms with Gasteiger partial charge < -0.3 is 4.90 Å². The van der Waals surface area contributed by atoms with Crippen molar-refractivity contribution < 1.29 is 4.79 Å². The maximum Gasteiger partial charge on any atom is 0.226 e. The molecule has 0 N–H and O–H groups in total. The Bertz CT molecular complexity index is 466. The molecule has 0 spiro atoms. The first-order chi connectivity index (χ1) is 7.78. The molecular weight excluding hydrogens is 200 g/mol. The van der Waals surface area contributed by atoms with E-state index in [4.69, 9.17) is 5.26 Å². The minimum atomic E-state index is 0.309. The first-order valence-electron chi connectivity index (χ1n) is 5.57. The van der Waals surface area contributed by atoms with Gasteiger partial charge in [0.1, 0.15) is 0 Å². The number of fused-ring (bicyclic) bond motifs is 1. The van der Waals surface area contributed by atoms with Crippen molar-refractivity contribution in [3.8, 4) is 6.07 Å². The number of rotatable bonds is 2. The molecule has 3 aliphatic rings. The molecule has 3 fully saturated rings. The molecule has 2 bridgehead atoms. The molecule has 1 aromatic carbocycles. The molecule has 1 amide bonds. The Hall–Kier alpha value is -1.82. The van der Waals surface area contributed by atoms with Crippen LogP contribution in [-0.2, 0) is 11.3 Å². The molecule has 2 heterocycles. The molecule has 0 atom stereocenters. The van der Waals surface area contributed by atoms with Gasteiger partial charge in [0.2, 0.25) is 5.91 Å². The van der Waals surface area contributed by atoms with E-state index in [9.17, 15) is 4.79 Å². The van der Waals surface area contributed by atoms with Crippen LogP contribution in [0.25, 0.3) is 0 Å². The highest BCUT2D eigenvalue weighted by Gasteiger charge is 2.49. The number of benzene rings is 1. The van der Waals surface area contributed by atoms with Gasteiger partial charge in [-0.3, -0.25) is 4.79 Å². The quantitative estimate of drug-likeness (QED) is 0.748. The van der Waals surface area contributed by atoms with Gasteiger partial charge in [-0.05, 0) is 30.5 Å². The molecule has 0 radical (unpaired) electrons. The fourth-order valence-electron chi connectivity index (χ4n) is 2.55. The van der Waals surface area contributed by atoms with Gasteiger partial charge in [0.25, 0.3) is 0 Å². The predicted octanol–water partition coefficient (Wildman–Crippen LogP) is 1.68. The van der Waals surface area contributed by atoms with E-state index >= 15 is 0 Å². The summed E-state index contributed by atoms with van der Waals surface area (Å²) in [6, 6.07) is 10.0. The second kappa shape index (κ2) is 3.34. The van der Waals surface area contributed by atoms with Crippen molar-refractivity contribution in [1.82, 2.24) is 4.90 Å². The fraction of sp³-hybridized carbons (Fsp3) is 0.385. The average Bonchev–Trinajstić information content (AvgIpc) is 2.70. The summed E-state index contributed by atoms with van der Waals surface area (Å²) in [4.78, 5) is 13.7. The molecule has 4 rings (SSSR count). The molecule has 3 nitrogen and oxygen atoms in total. The van der Waals surface area contributed by atoms with Crippen LogP contribution in [0.15, 0.2) is 24.3 Å². The van der Waals surface area contributed by atoms with E-state index in [0.29, 0.717) is 30.0 Å². The SMILES string of the molecule is N#Cc1ccc(CN2C(=O)C3CC2C3)cc1. The van der Waals surface area contributed by atoms with Crippen molar-refractivity contribution in [2.24, 2.45) is 5.92 Å². The number of hydrogen-bond acceptors (Lipinski definition) is 2. The number of carbonyl (C=O) groups excluding carboxylic acids is 1. The van der Waals surface area contributed by atoms with Crippen molar-refractivity contribution in [3.63, 3.8) is 0 Å². The molecule has 1 saturated carbocycles. The summed E-state index contributed by atoms with van der Waals surface area (Å²) in [6.07, 6.45) is 2.10. The van der Waals surface area contributed by atoms with Crippen molar-refractivity contribution in [1.29, 1.82) is 5.26 Å². The van der Waals surface area contributed by atoms with Crippen molar-refractivity contribution >= 4 is 5.91 Å². The van der Waals surface area contributed by atoms with Gasteiger partial charge in [-0.25, -0.2) is 0 Å². The van der Waals surface area contributed by atoms with E-state index < -0.39 is 0 Å². The zero-order valence-corrected chi connectivity index (χ0v) is 8.89. The van der Waals surface area contributed by atoms with Crippen LogP contribution in [0.5, 0.6) is 0 Å². The molecule has 3 heteroatoms. The van der Waals surface area contributed by atoms with Crippen molar-refractivity contribution in [2.75, 3.05) is 0 Å². The Balaban J connectivity index is 1.75. The average molecular weight is 212 g/mol. The van der Waals surface area contributed by atoms with Crippen LogP contribution in [0.1, 0.15) is 24.0 Å². The normalized spacial score (nSPS) is 26.4. The Morgan fingerprint density at radius 2 is 2.00 bits per heavy atom. The van der Waals surface area contributed by atoms with E-state index in [1.165, 1.54) is 0 Å². The summed E-state index contributed by atoms with van der Waals surface area (Å²) in [5, 5.41) is 8.69. The van der Waals surface area contributed by atoms with Crippen LogP contribution in [0.2, 0.25) is 0 Å². The Morgan fingerprint density at radius 3 is 2.50 bits per heavy atom. The Kier molecular flexibility index (Phi) is 1.97. The topological polar surface area (TPSA) is 44.1 Å². The zero-order chi connectivity index (χ0) is 11.1. The molecular formula is C13H12N2O. The number of hydrogen-bond donors (Lipinski definition) is 0. The van der Waals surface area contributed by atoms with E-state index in [0.717, 1.165) is 18.4 Å². The standard InChI is InChI=1S/C13H12N2O/c14-7-9-1-3-10(4-2-9)8-15-12-5-11(6-12)13(15)16/h1-4,11-12H,5-6,8H2. The van der Waals surface area contributed by atoms with Crippen LogP contribution in [0.3, 0.4) is 0 Å². The summed E-state index contributed by atoms with van der Waals surface area (Å²) in [5.41, 5.74) is 1.78. The Labute approximate surface area is 94.3 Å². The third kappa shape index (κ3) is 1.30. The largest absolute Gasteiger partial charge is 0.335 e. The second-order valence-corrected chi connectivity index (χ2v) is 4.60. The molecule has 16 heavy (non-hydrogen) atoms. The molecule has 1 aliphatic carbocycles. The molecule has 0 unspecified atom stereocenters. The fourth-order valence-corrected chi connectivity index (χ4v) is 2.55. The van der Waals surface area contributed by atoms with Crippen molar-refractivity contribution in [2.45, 2.75) is 25.4 Å². The maximum absolute atomic E-state index is 11.7. The number of nitriles is 1. The highest BCUT2D eigenvalue weighted by molar-refractivity contribution is 5.84. The van der Waals surface area contributed by atoms with Crippen molar-refractivity contribution in [3.05, 3.63) is 35.4 Å². The summed E-state index contributed by atoms with van der Waals surface area (Å²) >= 11 is 0. The van der Waals surface area contributed by atoms with E-state index in [-0.39, 0.29) is 0 Å². The number of amides is 1. The van der Waals surface area contributed by atoms with Gasteiger partial charge in [0, 0.05) is 18.5 Å². The first-order valence-corrected chi connectivity index (χ1v) is 5.57. The van der Waals surface area contributed by atoms with Crippen LogP contribution < -0.4 is 0 Å². The number of carbonyl (C=O) groups is 1. The third-order valence-electron chi connectivity index (χ3n) is 3.62. The monoisotopic (exact) mass is 212 g/mol. The predicted molar refractivity (Wildman–Crippen MR) is 58.2 cm³/mol. The minimum Gasteiger partial charge on any atom is -0.335 e. The molecule has 2 aliphatic heterocycles. The summed E-state index contributed by atoms with van der Waals surface area (Å²) in [6.45, 7) is 0.700. The summed E-state index contributed by atoms with van der Waals surface area (Å²) in [7, 11) is 0. The van der Waals surface area contributed by atoms with Crippen LogP contribution in [0.4, 0.5) is 0 Å². The summed E-state index contributed by atoms with van der Waals surface area (Å²) < 4.78 is 0. The lowest BCUT2D eigenvalue weighted by Crippen LogP contribution is -2.29. The number of nitrogens with zero attached hydrogens (tertiary/aromatic N) is 2. The van der Waals surface area contributed by atoms with E-state index in [1.807, 2.05) is 17.0 Å². The molecule has 80 valence electrons. The van der Waals surface area contributed by atoms with Crippen LogP contribution in [0, 0.1) is 17.2 Å². The van der Waals surface area contributed by atoms with Crippen LogP contribution in [-0.4, -0.2) is 16.8 Å². The molecule has 0 aromatic heterocycles. The van der Waals surface area contributed by atoms with E-state index in [2.05, 4.69) is 6.07 Å². The molecule has 2 saturated heterocycles. The third-order valence-corrected chi connectivity index (χ3v) is 3.62. The minimum absolute atomic E-state index is 0.309. The summed E-state index contributed by atoms with van der Waals surface area (Å²) in [5.74, 6) is 0.623. The van der Waals surface area contributed by atoms with Gasteiger partial charge in [-0.2, -0.15) is 5.26 Å². The second-order valence-electron chi connectivity index (χ2n) is 4.60. The van der Waals surface area contributed by atoms with E-state index in [1.54, 1.807) is 12.1 Å². The lowest BCUT2D eigenvalue weighted by atomic mass is 9.86.